The van der Waals surface area contributed by atoms with Crippen LogP contribution in [-0.4, -0.2) is 9.97 Å². The Morgan fingerprint density at radius 2 is 2.00 bits per heavy atom. The zero-order valence-electron chi connectivity index (χ0n) is 6.85. The van der Waals surface area contributed by atoms with E-state index in [2.05, 4.69) is 16.9 Å². The van der Waals surface area contributed by atoms with E-state index in [0.717, 1.165) is 17.5 Å². The van der Waals surface area contributed by atoms with Gasteiger partial charge in [0.15, 0.2) is 0 Å². The van der Waals surface area contributed by atoms with E-state index in [0.29, 0.717) is 0 Å². The fourth-order valence-corrected chi connectivity index (χ4v) is 1.30. The molecule has 0 aliphatic rings. The Morgan fingerprint density at radius 1 is 1.25 bits per heavy atom. The maximum Gasteiger partial charge on any atom is 0.323 e. The third-order valence-corrected chi connectivity index (χ3v) is 1.99. The number of benzene rings is 1. The van der Waals surface area contributed by atoms with Crippen LogP contribution in [0.1, 0.15) is 12.5 Å². The zero-order valence-corrected chi connectivity index (χ0v) is 6.85. The van der Waals surface area contributed by atoms with Gasteiger partial charge in [0, 0.05) is 0 Å². The summed E-state index contributed by atoms with van der Waals surface area (Å²) < 4.78 is 0. The lowest BCUT2D eigenvalue weighted by molar-refractivity contribution is 1.14. The maximum atomic E-state index is 10.9. The van der Waals surface area contributed by atoms with Crippen molar-refractivity contribution in [2.24, 2.45) is 0 Å². The van der Waals surface area contributed by atoms with Crippen LogP contribution in [0.2, 0.25) is 0 Å². The fraction of sp³-hybridized carbons (Fsp3) is 0.222. The average Bonchev–Trinajstić information content (AvgIpc) is 2.43. The molecule has 1 heterocycles. The van der Waals surface area contributed by atoms with Crippen LogP contribution < -0.4 is 5.69 Å². The topological polar surface area (TPSA) is 48.6 Å². The van der Waals surface area contributed by atoms with Crippen molar-refractivity contribution in [3.63, 3.8) is 0 Å². The van der Waals surface area contributed by atoms with Gasteiger partial charge >= 0.3 is 5.69 Å². The molecule has 0 bridgehead atoms. The smallest absolute Gasteiger partial charge is 0.306 e. The first-order valence-corrected chi connectivity index (χ1v) is 4.00. The molecule has 3 nitrogen and oxygen atoms in total. The number of aromatic nitrogens is 2. The van der Waals surface area contributed by atoms with Gasteiger partial charge in [0.05, 0.1) is 11.0 Å². The van der Waals surface area contributed by atoms with Crippen LogP contribution in [0, 0.1) is 0 Å². The molecule has 0 unspecified atom stereocenters. The first kappa shape index (κ1) is 7.16. The average molecular weight is 162 g/mol. The highest BCUT2D eigenvalue weighted by Gasteiger charge is 1.97. The van der Waals surface area contributed by atoms with Crippen molar-refractivity contribution in [3.8, 4) is 0 Å². The standard InChI is InChI=1S/C9H10N2O/c1-2-6-3-4-7-8(5-6)11-9(12)10-7/h3-5H,2H2,1H3,(H2,10,11,12). The van der Waals surface area contributed by atoms with Crippen LogP contribution in [0.5, 0.6) is 0 Å². The van der Waals surface area contributed by atoms with Gasteiger partial charge in [-0.15, -0.1) is 0 Å². The molecule has 2 rings (SSSR count). The molecule has 0 amide bonds. The Balaban J connectivity index is 2.74. The van der Waals surface area contributed by atoms with Gasteiger partial charge in [0.1, 0.15) is 0 Å². The number of hydrogen-bond donors (Lipinski definition) is 2. The van der Waals surface area contributed by atoms with E-state index < -0.39 is 0 Å². The van der Waals surface area contributed by atoms with E-state index in [9.17, 15) is 4.79 Å². The minimum Gasteiger partial charge on any atom is -0.306 e. The lowest BCUT2D eigenvalue weighted by Gasteiger charge is -1.94. The molecule has 2 aromatic rings. The Kier molecular flexibility index (Phi) is 1.50. The van der Waals surface area contributed by atoms with Crippen molar-refractivity contribution >= 4 is 11.0 Å². The molecule has 0 fully saturated rings. The molecule has 0 atom stereocenters. The first-order chi connectivity index (χ1) is 5.79. The zero-order chi connectivity index (χ0) is 8.55. The number of hydrogen-bond acceptors (Lipinski definition) is 1. The molecule has 1 aromatic heterocycles. The monoisotopic (exact) mass is 162 g/mol. The van der Waals surface area contributed by atoms with E-state index in [4.69, 9.17) is 0 Å². The van der Waals surface area contributed by atoms with Gasteiger partial charge in [-0.25, -0.2) is 4.79 Å². The summed E-state index contributed by atoms with van der Waals surface area (Å²) in [6.07, 6.45) is 0.989. The van der Waals surface area contributed by atoms with Crippen molar-refractivity contribution in [3.05, 3.63) is 34.2 Å². The van der Waals surface area contributed by atoms with Crippen molar-refractivity contribution in [1.29, 1.82) is 0 Å². The normalized spacial score (nSPS) is 10.8. The van der Waals surface area contributed by atoms with Crippen LogP contribution in [0.4, 0.5) is 0 Å². The van der Waals surface area contributed by atoms with E-state index in [1.807, 2.05) is 18.2 Å². The first-order valence-electron chi connectivity index (χ1n) is 4.00. The molecule has 62 valence electrons. The molecule has 2 N–H and O–H groups in total. The third-order valence-electron chi connectivity index (χ3n) is 1.99. The summed E-state index contributed by atoms with van der Waals surface area (Å²) in [6.45, 7) is 2.09. The number of aromatic amines is 2. The Hall–Kier alpha value is -1.51. The molecule has 3 heteroatoms. The maximum absolute atomic E-state index is 10.9. The van der Waals surface area contributed by atoms with Crippen molar-refractivity contribution in [2.75, 3.05) is 0 Å². The summed E-state index contributed by atoms with van der Waals surface area (Å²) in [5.41, 5.74) is 2.85. The second-order valence-electron chi connectivity index (χ2n) is 2.81. The van der Waals surface area contributed by atoms with Crippen LogP contribution in [0.3, 0.4) is 0 Å². The highest BCUT2D eigenvalue weighted by molar-refractivity contribution is 5.74. The lowest BCUT2D eigenvalue weighted by atomic mass is 10.1. The quantitative estimate of drug-likeness (QED) is 0.654. The lowest BCUT2D eigenvalue weighted by Crippen LogP contribution is -1.99. The van der Waals surface area contributed by atoms with Gasteiger partial charge in [-0.05, 0) is 24.1 Å². The Labute approximate surface area is 69.4 Å². The van der Waals surface area contributed by atoms with Crippen molar-refractivity contribution < 1.29 is 0 Å². The number of fused-ring (bicyclic) bond motifs is 1. The fourth-order valence-electron chi connectivity index (χ4n) is 1.30. The van der Waals surface area contributed by atoms with Gasteiger partial charge in [-0.1, -0.05) is 13.0 Å². The highest BCUT2D eigenvalue weighted by Crippen LogP contribution is 2.09. The van der Waals surface area contributed by atoms with Crippen LogP contribution in [-0.2, 0) is 6.42 Å². The van der Waals surface area contributed by atoms with E-state index in [-0.39, 0.29) is 5.69 Å². The number of imidazole rings is 1. The molecule has 0 saturated heterocycles. The second-order valence-corrected chi connectivity index (χ2v) is 2.81. The number of aryl methyl sites for hydroxylation is 1. The van der Waals surface area contributed by atoms with Crippen LogP contribution in [0.15, 0.2) is 23.0 Å². The minimum atomic E-state index is -0.141. The van der Waals surface area contributed by atoms with E-state index >= 15 is 0 Å². The summed E-state index contributed by atoms with van der Waals surface area (Å²) in [6, 6.07) is 5.94. The predicted molar refractivity (Wildman–Crippen MR) is 48.3 cm³/mol. The Morgan fingerprint density at radius 3 is 2.75 bits per heavy atom. The molecule has 0 spiro atoms. The van der Waals surface area contributed by atoms with E-state index in [1.165, 1.54) is 5.56 Å². The van der Waals surface area contributed by atoms with Gasteiger partial charge in [-0.2, -0.15) is 0 Å². The van der Waals surface area contributed by atoms with Gasteiger partial charge < -0.3 is 9.97 Å². The van der Waals surface area contributed by atoms with Gasteiger partial charge in [0.2, 0.25) is 0 Å². The summed E-state index contributed by atoms with van der Waals surface area (Å²) >= 11 is 0. The molecule has 0 aliphatic heterocycles. The molecular formula is C9H10N2O. The Bertz CT molecular complexity index is 453. The summed E-state index contributed by atoms with van der Waals surface area (Å²) in [7, 11) is 0. The van der Waals surface area contributed by atoms with Crippen molar-refractivity contribution in [2.45, 2.75) is 13.3 Å². The van der Waals surface area contributed by atoms with Gasteiger partial charge in [-0.3, -0.25) is 0 Å². The van der Waals surface area contributed by atoms with Crippen LogP contribution >= 0.6 is 0 Å². The highest BCUT2D eigenvalue weighted by atomic mass is 16.1. The number of rotatable bonds is 1. The second kappa shape index (κ2) is 2.52. The molecular weight excluding hydrogens is 152 g/mol. The summed E-state index contributed by atoms with van der Waals surface area (Å²) in [4.78, 5) is 16.3. The number of nitrogens with one attached hydrogen (secondary N) is 2. The molecule has 12 heavy (non-hydrogen) atoms. The molecule has 0 aliphatic carbocycles. The predicted octanol–water partition coefficient (Wildman–Crippen LogP) is 1.42. The summed E-state index contributed by atoms with van der Waals surface area (Å²) in [5.74, 6) is 0. The molecule has 0 saturated carbocycles. The van der Waals surface area contributed by atoms with Crippen LogP contribution in [0.25, 0.3) is 11.0 Å². The number of H-pyrrole nitrogens is 2. The van der Waals surface area contributed by atoms with Gasteiger partial charge in [0.25, 0.3) is 0 Å². The van der Waals surface area contributed by atoms with E-state index in [1.54, 1.807) is 0 Å². The molecule has 1 aromatic carbocycles. The van der Waals surface area contributed by atoms with Crippen molar-refractivity contribution in [1.82, 2.24) is 9.97 Å². The summed E-state index contributed by atoms with van der Waals surface area (Å²) in [5, 5.41) is 0. The largest absolute Gasteiger partial charge is 0.323 e. The third kappa shape index (κ3) is 1.03. The SMILES string of the molecule is CCc1ccc2[nH]c(=O)[nH]c2c1. The minimum absolute atomic E-state index is 0.141. The molecule has 0 radical (unpaired) electrons.